The van der Waals surface area contributed by atoms with Crippen LogP contribution in [0, 0.1) is 5.92 Å². The van der Waals surface area contributed by atoms with Crippen LogP contribution in [-0.4, -0.2) is 64.6 Å². The smallest absolute Gasteiger partial charge is 0.243 e. The van der Waals surface area contributed by atoms with Gasteiger partial charge in [-0.25, -0.2) is 0 Å². The van der Waals surface area contributed by atoms with Crippen LogP contribution < -0.4 is 27.0 Å². The van der Waals surface area contributed by atoms with Crippen LogP contribution in [0.25, 0.3) is 0 Å². The number of alkyl halides is 1. The third kappa shape index (κ3) is 13.8. The van der Waals surface area contributed by atoms with Gasteiger partial charge in [0.15, 0.2) is 12.1 Å². The zero-order valence-corrected chi connectivity index (χ0v) is 20.2. The molecule has 10 nitrogen and oxygen atoms in total. The molecule has 0 saturated heterocycles. The summed E-state index contributed by atoms with van der Waals surface area (Å²) in [6.07, 6.45) is 1.31. The standard InChI is InChI=1S/C19H36IN5O5/c1-12(2)17(25-15(27)8-4-5-9-22-16(28)11-20)18(29)24-14(13(3)26)7-6-10-23-19(21)30/h12,14,17,19,23,30H,4-11,21H2,1-3H3,(H,22,28)(H,24,29)(H,25,27)/t14-,17-,19?/m0/s1. The first-order valence-electron chi connectivity index (χ1n) is 10.2. The van der Waals surface area contributed by atoms with Crippen molar-refractivity contribution in [1.29, 1.82) is 0 Å². The lowest BCUT2D eigenvalue weighted by atomic mass is 10.0. The van der Waals surface area contributed by atoms with Crippen LogP contribution in [0.1, 0.15) is 52.9 Å². The molecule has 174 valence electrons. The van der Waals surface area contributed by atoms with E-state index in [1.807, 2.05) is 36.4 Å². The molecule has 0 aromatic rings. The third-order valence-corrected chi connectivity index (χ3v) is 5.06. The quantitative estimate of drug-likeness (QED) is 0.0666. The van der Waals surface area contributed by atoms with Gasteiger partial charge in [-0.05, 0) is 45.1 Å². The molecule has 3 amide bonds. The van der Waals surface area contributed by atoms with Crippen LogP contribution in [0.5, 0.6) is 0 Å². The van der Waals surface area contributed by atoms with Crippen molar-refractivity contribution in [3.05, 3.63) is 0 Å². The van der Waals surface area contributed by atoms with Crippen molar-refractivity contribution in [3.8, 4) is 0 Å². The van der Waals surface area contributed by atoms with Gasteiger partial charge in [-0.2, -0.15) is 0 Å². The molecule has 0 spiro atoms. The number of carbonyl (C=O) groups excluding carboxylic acids is 4. The van der Waals surface area contributed by atoms with Crippen LogP contribution in [0.15, 0.2) is 0 Å². The second-order valence-corrected chi connectivity index (χ2v) is 8.21. The predicted molar refractivity (Wildman–Crippen MR) is 123 cm³/mol. The summed E-state index contributed by atoms with van der Waals surface area (Å²) in [5.41, 5.74) is 5.19. The highest BCUT2D eigenvalue weighted by Crippen LogP contribution is 2.06. The number of carbonyl (C=O) groups is 4. The van der Waals surface area contributed by atoms with Crippen LogP contribution in [0.3, 0.4) is 0 Å². The van der Waals surface area contributed by atoms with E-state index >= 15 is 0 Å². The number of halogens is 1. The molecule has 0 rings (SSSR count). The van der Waals surface area contributed by atoms with Gasteiger partial charge >= 0.3 is 0 Å². The lowest BCUT2D eigenvalue weighted by Crippen LogP contribution is -2.53. The maximum absolute atomic E-state index is 12.7. The van der Waals surface area contributed by atoms with E-state index in [9.17, 15) is 19.2 Å². The molecular formula is C19H36IN5O5. The molecule has 0 saturated carbocycles. The topological polar surface area (TPSA) is 163 Å². The summed E-state index contributed by atoms with van der Waals surface area (Å²) in [7, 11) is 0. The van der Waals surface area contributed by atoms with E-state index in [-0.39, 0.29) is 29.9 Å². The van der Waals surface area contributed by atoms with Crippen molar-refractivity contribution in [2.75, 3.05) is 17.5 Å². The summed E-state index contributed by atoms with van der Waals surface area (Å²) in [5.74, 6) is -1.02. The molecule has 0 bridgehead atoms. The highest BCUT2D eigenvalue weighted by Gasteiger charge is 2.27. The van der Waals surface area contributed by atoms with Crippen LogP contribution in [0.4, 0.5) is 0 Å². The van der Waals surface area contributed by atoms with Crippen LogP contribution in [-0.2, 0) is 19.2 Å². The van der Waals surface area contributed by atoms with Crippen LogP contribution >= 0.6 is 22.6 Å². The molecule has 0 aromatic carbocycles. The molecular weight excluding hydrogens is 505 g/mol. The molecule has 0 aliphatic rings. The average Bonchev–Trinajstić information content (AvgIpc) is 2.66. The monoisotopic (exact) mass is 541 g/mol. The first-order chi connectivity index (χ1) is 14.1. The Labute approximate surface area is 192 Å². The molecule has 0 heterocycles. The van der Waals surface area contributed by atoms with Crippen molar-refractivity contribution in [2.45, 2.75) is 71.3 Å². The first-order valence-corrected chi connectivity index (χ1v) is 11.7. The number of nitrogens with two attached hydrogens (primary N) is 1. The van der Waals surface area contributed by atoms with E-state index in [0.29, 0.717) is 43.2 Å². The predicted octanol–water partition coefficient (Wildman–Crippen LogP) is -0.473. The highest BCUT2D eigenvalue weighted by atomic mass is 127. The summed E-state index contributed by atoms with van der Waals surface area (Å²) in [4.78, 5) is 47.9. The number of amides is 3. The van der Waals surface area contributed by atoms with E-state index in [2.05, 4.69) is 21.3 Å². The number of Topliss-reactive ketones (excluding diaryl/α,β-unsaturated/α-hetero) is 1. The maximum atomic E-state index is 12.7. The van der Waals surface area contributed by atoms with Gasteiger partial charge in [-0.3, -0.25) is 30.2 Å². The van der Waals surface area contributed by atoms with Crippen molar-refractivity contribution in [2.24, 2.45) is 11.7 Å². The van der Waals surface area contributed by atoms with E-state index < -0.39 is 24.3 Å². The molecule has 11 heteroatoms. The van der Waals surface area contributed by atoms with E-state index in [0.717, 1.165) is 0 Å². The fourth-order valence-corrected chi connectivity index (χ4v) is 2.93. The average molecular weight is 541 g/mol. The van der Waals surface area contributed by atoms with Gasteiger partial charge in [0.2, 0.25) is 17.7 Å². The molecule has 0 aliphatic heterocycles. The van der Waals surface area contributed by atoms with E-state index in [4.69, 9.17) is 10.8 Å². The minimum atomic E-state index is -1.13. The second kappa shape index (κ2) is 16.4. The molecule has 3 atom stereocenters. The summed E-state index contributed by atoms with van der Waals surface area (Å²) >= 11 is 1.98. The number of unbranched alkanes of at least 4 members (excludes halogenated alkanes) is 1. The van der Waals surface area contributed by atoms with Gasteiger partial charge < -0.3 is 21.1 Å². The minimum Gasteiger partial charge on any atom is -0.366 e. The molecule has 1 unspecified atom stereocenters. The Bertz CT molecular complexity index is 559. The normalized spacial score (nSPS) is 14.0. The Hall–Kier alpha value is -1.31. The number of ketones is 1. The van der Waals surface area contributed by atoms with Crippen molar-refractivity contribution >= 4 is 46.1 Å². The van der Waals surface area contributed by atoms with Crippen molar-refractivity contribution < 1.29 is 24.3 Å². The van der Waals surface area contributed by atoms with Gasteiger partial charge in [0.05, 0.1) is 10.5 Å². The van der Waals surface area contributed by atoms with Crippen molar-refractivity contribution in [3.63, 3.8) is 0 Å². The SMILES string of the molecule is CC(=O)[C@H](CCCNC(N)O)NC(=O)[C@@H](NC(=O)CCCCNC(=O)CI)C(C)C. The van der Waals surface area contributed by atoms with E-state index in [1.54, 1.807) is 0 Å². The summed E-state index contributed by atoms with van der Waals surface area (Å²) < 4.78 is 0.399. The number of hydrogen-bond donors (Lipinski definition) is 6. The maximum Gasteiger partial charge on any atom is 0.243 e. The van der Waals surface area contributed by atoms with Crippen LogP contribution in [0.2, 0.25) is 0 Å². The van der Waals surface area contributed by atoms with Gasteiger partial charge in [-0.15, -0.1) is 0 Å². The highest BCUT2D eigenvalue weighted by molar-refractivity contribution is 14.1. The Morgan fingerprint density at radius 3 is 2.20 bits per heavy atom. The minimum absolute atomic E-state index is 0.0355. The lowest BCUT2D eigenvalue weighted by molar-refractivity contribution is -0.132. The summed E-state index contributed by atoms with van der Waals surface area (Å²) in [5, 5.41) is 19.8. The zero-order valence-electron chi connectivity index (χ0n) is 18.0. The molecule has 0 aromatic heterocycles. The van der Waals surface area contributed by atoms with Gasteiger partial charge in [-0.1, -0.05) is 36.4 Å². The lowest BCUT2D eigenvalue weighted by Gasteiger charge is -2.25. The Balaban J connectivity index is 4.52. The Kier molecular flexibility index (Phi) is 15.7. The number of aliphatic hydroxyl groups excluding tert-OH is 1. The fourth-order valence-electron chi connectivity index (χ4n) is 2.66. The molecule has 0 aliphatic carbocycles. The molecule has 30 heavy (non-hydrogen) atoms. The first kappa shape index (κ1) is 28.7. The fraction of sp³-hybridized carbons (Fsp3) is 0.789. The molecule has 0 fully saturated rings. The molecule has 7 N–H and O–H groups in total. The van der Waals surface area contributed by atoms with E-state index in [1.165, 1.54) is 6.92 Å². The summed E-state index contributed by atoms with van der Waals surface area (Å²) in [6.45, 7) is 5.95. The largest absolute Gasteiger partial charge is 0.366 e. The van der Waals surface area contributed by atoms with Gasteiger partial charge in [0.25, 0.3) is 0 Å². The Morgan fingerprint density at radius 2 is 1.67 bits per heavy atom. The number of rotatable bonds is 16. The Morgan fingerprint density at radius 1 is 1.00 bits per heavy atom. The summed E-state index contributed by atoms with van der Waals surface area (Å²) in [6, 6.07) is -1.42. The van der Waals surface area contributed by atoms with Crippen molar-refractivity contribution in [1.82, 2.24) is 21.3 Å². The van der Waals surface area contributed by atoms with Gasteiger partial charge in [0, 0.05) is 13.0 Å². The number of nitrogens with one attached hydrogen (secondary N) is 4. The van der Waals surface area contributed by atoms with Gasteiger partial charge in [0.1, 0.15) is 6.04 Å². The number of aliphatic hydroxyl groups is 1. The molecule has 0 radical (unpaired) electrons. The third-order valence-electron chi connectivity index (χ3n) is 4.37. The second-order valence-electron chi connectivity index (χ2n) is 7.44. The zero-order chi connectivity index (χ0) is 23.1. The number of hydrogen-bond acceptors (Lipinski definition) is 7.